The van der Waals surface area contributed by atoms with Gasteiger partial charge in [0.15, 0.2) is 5.78 Å². The van der Waals surface area contributed by atoms with Crippen LogP contribution in [0.15, 0.2) is 18.2 Å². The predicted molar refractivity (Wildman–Crippen MR) is 66.5 cm³/mol. The molecule has 2 heteroatoms. The number of carbonyl (C=O) groups excluding carboxylic acids is 1. The molecule has 0 amide bonds. The Balaban J connectivity index is 1.85. The van der Waals surface area contributed by atoms with Crippen molar-refractivity contribution in [2.45, 2.75) is 32.6 Å². The lowest BCUT2D eigenvalue weighted by atomic mass is 9.93. The summed E-state index contributed by atoms with van der Waals surface area (Å²) in [7, 11) is 0. The van der Waals surface area contributed by atoms with Gasteiger partial charge in [0.1, 0.15) is 5.75 Å². The molecule has 0 saturated heterocycles. The van der Waals surface area contributed by atoms with Gasteiger partial charge in [0.05, 0.1) is 6.61 Å². The van der Waals surface area contributed by atoms with E-state index in [2.05, 4.69) is 6.92 Å². The second-order valence-electron chi connectivity index (χ2n) is 5.26. The molecule has 17 heavy (non-hydrogen) atoms. The lowest BCUT2D eigenvalue weighted by Gasteiger charge is -2.18. The summed E-state index contributed by atoms with van der Waals surface area (Å²) in [5, 5.41) is 0. The first-order chi connectivity index (χ1) is 8.25. The number of hydrogen-bond donors (Lipinski definition) is 0. The molecule has 2 nitrogen and oxygen atoms in total. The molecular weight excluding hydrogens is 212 g/mol. The maximum absolute atomic E-state index is 12.3. The minimum Gasteiger partial charge on any atom is -0.493 e. The molecule has 1 atom stereocenters. The maximum atomic E-state index is 12.3. The number of carbonyl (C=O) groups is 1. The zero-order valence-corrected chi connectivity index (χ0v) is 10.2. The number of fused-ring (bicyclic) bond motifs is 1. The van der Waals surface area contributed by atoms with Gasteiger partial charge in [-0.05, 0) is 55.4 Å². The Kier molecular flexibility index (Phi) is 2.65. The Labute approximate surface area is 102 Å². The third kappa shape index (κ3) is 2.08. The van der Waals surface area contributed by atoms with E-state index in [-0.39, 0.29) is 5.92 Å². The van der Waals surface area contributed by atoms with Crippen LogP contribution in [0, 0.1) is 11.8 Å². The van der Waals surface area contributed by atoms with Crippen molar-refractivity contribution < 1.29 is 9.53 Å². The van der Waals surface area contributed by atoms with Crippen LogP contribution in [0.5, 0.6) is 5.75 Å². The molecule has 90 valence electrons. The van der Waals surface area contributed by atoms with Crippen molar-refractivity contribution in [3.63, 3.8) is 0 Å². The molecule has 0 radical (unpaired) electrons. The number of aryl methyl sites for hydroxylation is 1. The summed E-state index contributed by atoms with van der Waals surface area (Å²) >= 11 is 0. The highest BCUT2D eigenvalue weighted by atomic mass is 16.5. The van der Waals surface area contributed by atoms with E-state index >= 15 is 0 Å². The number of hydrogen-bond acceptors (Lipinski definition) is 2. The SMILES string of the molecule is CC(C(=O)c1ccc2c(c1)CCCO2)C1CC1. The van der Waals surface area contributed by atoms with E-state index in [9.17, 15) is 4.79 Å². The summed E-state index contributed by atoms with van der Waals surface area (Å²) in [6.07, 6.45) is 4.54. The van der Waals surface area contributed by atoms with Crippen LogP contribution in [0.1, 0.15) is 42.1 Å². The van der Waals surface area contributed by atoms with Gasteiger partial charge in [0, 0.05) is 11.5 Å². The molecular formula is C15H18O2. The largest absolute Gasteiger partial charge is 0.493 e. The molecule has 1 aliphatic carbocycles. The molecule has 1 heterocycles. The predicted octanol–water partition coefficient (Wildman–Crippen LogP) is 3.24. The maximum Gasteiger partial charge on any atom is 0.165 e. The first-order valence-electron chi connectivity index (χ1n) is 6.55. The second kappa shape index (κ2) is 4.17. The fourth-order valence-electron chi connectivity index (χ4n) is 2.59. The van der Waals surface area contributed by atoms with Gasteiger partial charge in [0.25, 0.3) is 0 Å². The number of ketones is 1. The summed E-state index contributed by atoms with van der Waals surface area (Å²) in [4.78, 5) is 12.3. The molecule has 1 aromatic carbocycles. The molecule has 0 spiro atoms. The fraction of sp³-hybridized carbons (Fsp3) is 0.533. The number of ether oxygens (including phenoxy) is 1. The molecule has 1 aromatic rings. The Morgan fingerprint density at radius 1 is 1.41 bits per heavy atom. The van der Waals surface area contributed by atoms with Crippen molar-refractivity contribution >= 4 is 5.78 Å². The summed E-state index contributed by atoms with van der Waals surface area (Å²) in [6.45, 7) is 2.87. The van der Waals surface area contributed by atoms with Crippen molar-refractivity contribution in [3.05, 3.63) is 29.3 Å². The summed E-state index contributed by atoms with van der Waals surface area (Å²) in [5.41, 5.74) is 2.07. The van der Waals surface area contributed by atoms with Crippen LogP contribution in [0.4, 0.5) is 0 Å². The summed E-state index contributed by atoms with van der Waals surface area (Å²) < 4.78 is 5.57. The average molecular weight is 230 g/mol. The summed E-state index contributed by atoms with van der Waals surface area (Å²) in [6, 6.07) is 5.92. The standard InChI is InChI=1S/C15H18O2/c1-10(11-4-5-11)15(16)13-6-7-14-12(9-13)3-2-8-17-14/h6-7,9-11H,2-5,8H2,1H3. The molecule has 2 aliphatic rings. The topological polar surface area (TPSA) is 26.3 Å². The van der Waals surface area contributed by atoms with E-state index in [4.69, 9.17) is 4.74 Å². The number of rotatable bonds is 3. The van der Waals surface area contributed by atoms with Crippen LogP contribution < -0.4 is 4.74 Å². The summed E-state index contributed by atoms with van der Waals surface area (Å²) in [5.74, 6) is 2.10. The molecule has 1 aliphatic heterocycles. The molecule has 3 rings (SSSR count). The van der Waals surface area contributed by atoms with Gasteiger partial charge in [-0.25, -0.2) is 0 Å². The molecule has 0 aromatic heterocycles. The second-order valence-corrected chi connectivity index (χ2v) is 5.26. The fourth-order valence-corrected chi connectivity index (χ4v) is 2.59. The van der Waals surface area contributed by atoms with Crippen LogP contribution in [0.2, 0.25) is 0 Å². The minimum absolute atomic E-state index is 0.192. The third-order valence-corrected chi connectivity index (χ3v) is 3.94. The van der Waals surface area contributed by atoms with Gasteiger partial charge in [-0.15, -0.1) is 0 Å². The van der Waals surface area contributed by atoms with Crippen LogP contribution in [-0.2, 0) is 6.42 Å². The van der Waals surface area contributed by atoms with Crippen LogP contribution in [0.25, 0.3) is 0 Å². The van der Waals surface area contributed by atoms with Crippen LogP contribution in [-0.4, -0.2) is 12.4 Å². The first-order valence-corrected chi connectivity index (χ1v) is 6.55. The number of benzene rings is 1. The van der Waals surface area contributed by atoms with Crippen molar-refractivity contribution in [1.29, 1.82) is 0 Å². The zero-order valence-electron chi connectivity index (χ0n) is 10.2. The quantitative estimate of drug-likeness (QED) is 0.745. The van der Waals surface area contributed by atoms with E-state index in [1.54, 1.807) is 0 Å². The number of Topliss-reactive ketones (excluding diaryl/α,β-unsaturated/α-hetero) is 1. The van der Waals surface area contributed by atoms with E-state index in [0.29, 0.717) is 11.7 Å². The highest BCUT2D eigenvalue weighted by Gasteiger charge is 2.33. The van der Waals surface area contributed by atoms with Crippen molar-refractivity contribution in [2.75, 3.05) is 6.61 Å². The Morgan fingerprint density at radius 2 is 2.24 bits per heavy atom. The molecule has 0 N–H and O–H groups in total. The highest BCUT2D eigenvalue weighted by molar-refractivity contribution is 5.98. The van der Waals surface area contributed by atoms with Gasteiger partial charge in [0.2, 0.25) is 0 Å². The highest BCUT2D eigenvalue weighted by Crippen LogP contribution is 2.38. The lowest BCUT2D eigenvalue weighted by molar-refractivity contribution is 0.0916. The van der Waals surface area contributed by atoms with E-state index < -0.39 is 0 Å². The van der Waals surface area contributed by atoms with E-state index in [1.165, 1.54) is 18.4 Å². The smallest absolute Gasteiger partial charge is 0.165 e. The molecule has 1 unspecified atom stereocenters. The molecule has 1 fully saturated rings. The van der Waals surface area contributed by atoms with Gasteiger partial charge < -0.3 is 4.74 Å². The van der Waals surface area contributed by atoms with Gasteiger partial charge >= 0.3 is 0 Å². The zero-order chi connectivity index (χ0) is 11.8. The third-order valence-electron chi connectivity index (χ3n) is 3.94. The van der Waals surface area contributed by atoms with Crippen molar-refractivity contribution in [2.24, 2.45) is 11.8 Å². The van der Waals surface area contributed by atoms with Gasteiger partial charge in [-0.3, -0.25) is 4.79 Å². The Morgan fingerprint density at radius 3 is 3.00 bits per heavy atom. The average Bonchev–Trinajstić information content (AvgIpc) is 3.21. The molecule has 0 bridgehead atoms. The van der Waals surface area contributed by atoms with E-state index in [0.717, 1.165) is 30.8 Å². The Hall–Kier alpha value is -1.31. The normalized spacial score (nSPS) is 20.3. The van der Waals surface area contributed by atoms with E-state index in [1.807, 2.05) is 18.2 Å². The first kappa shape index (κ1) is 10.8. The van der Waals surface area contributed by atoms with Crippen molar-refractivity contribution in [3.8, 4) is 5.75 Å². The van der Waals surface area contributed by atoms with Crippen molar-refractivity contribution in [1.82, 2.24) is 0 Å². The van der Waals surface area contributed by atoms with Crippen LogP contribution in [0.3, 0.4) is 0 Å². The van der Waals surface area contributed by atoms with Gasteiger partial charge in [-0.2, -0.15) is 0 Å². The molecule has 1 saturated carbocycles. The van der Waals surface area contributed by atoms with Crippen LogP contribution >= 0.6 is 0 Å². The Bertz CT molecular complexity index is 446. The van der Waals surface area contributed by atoms with Gasteiger partial charge in [-0.1, -0.05) is 6.92 Å². The minimum atomic E-state index is 0.192. The lowest BCUT2D eigenvalue weighted by Crippen LogP contribution is -2.15. The monoisotopic (exact) mass is 230 g/mol.